The number of fused-ring (bicyclic) bond motifs is 4. The number of hydrogen-bond donors (Lipinski definition) is 5. The second-order valence-electron chi connectivity index (χ2n) is 11.2. The summed E-state index contributed by atoms with van der Waals surface area (Å²) in [5.74, 6) is 0.0137. The van der Waals surface area contributed by atoms with Gasteiger partial charge in [-0.05, 0) is 18.9 Å². The number of ether oxygens (including phenoxy) is 3. The van der Waals surface area contributed by atoms with Gasteiger partial charge in [-0.2, -0.15) is 0 Å². The van der Waals surface area contributed by atoms with Gasteiger partial charge in [0.05, 0.1) is 25.9 Å². The van der Waals surface area contributed by atoms with Gasteiger partial charge in [-0.15, -0.1) is 0 Å². The molecule has 0 spiro atoms. The van der Waals surface area contributed by atoms with Crippen molar-refractivity contribution in [3.8, 4) is 0 Å². The van der Waals surface area contributed by atoms with Crippen LogP contribution in [0.4, 0.5) is 25.2 Å². The summed E-state index contributed by atoms with van der Waals surface area (Å²) in [5.41, 5.74) is 6.27. The summed E-state index contributed by atoms with van der Waals surface area (Å²) < 4.78 is 87.2. The first-order valence-electron chi connectivity index (χ1n) is 14.9. The molecule has 27 heteroatoms. The van der Waals surface area contributed by atoms with Crippen molar-refractivity contribution in [2.75, 3.05) is 44.5 Å². The van der Waals surface area contributed by atoms with E-state index in [1.54, 1.807) is 7.05 Å². The highest BCUT2D eigenvalue weighted by Crippen LogP contribution is 2.58. The van der Waals surface area contributed by atoms with Crippen molar-refractivity contribution in [3.05, 3.63) is 25.3 Å². The number of hydrogen-bond acceptors (Lipinski definition) is 18. The van der Waals surface area contributed by atoms with E-state index >= 15 is 8.78 Å². The predicted octanol–water partition coefficient (Wildman–Crippen LogP) is 1.56. The fraction of sp³-hybridized carbons (Fsp3) is 0.542. The van der Waals surface area contributed by atoms with Gasteiger partial charge in [-0.3, -0.25) is 28.0 Å². The molecule has 0 bridgehead atoms. The van der Waals surface area contributed by atoms with E-state index in [9.17, 15) is 14.3 Å². The lowest BCUT2D eigenvalue weighted by molar-refractivity contribution is -0.0564. The Hall–Kier alpha value is -3.06. The van der Waals surface area contributed by atoms with E-state index in [-0.39, 0.29) is 40.6 Å². The molecule has 0 saturated carbocycles. The van der Waals surface area contributed by atoms with Crippen LogP contribution < -0.4 is 16.4 Å². The molecule has 0 aromatic carbocycles. The zero-order valence-corrected chi connectivity index (χ0v) is 29.5. The van der Waals surface area contributed by atoms with Gasteiger partial charge in [0, 0.05) is 6.54 Å². The molecule has 2 unspecified atom stereocenters. The van der Waals surface area contributed by atoms with Crippen molar-refractivity contribution in [1.29, 1.82) is 0 Å². The SMILES string of the molecule is CNCCOC(=O)Nc1ncnc2c1ncn2[C@@H]1O[C@@H]2COP(O)(=S)O[C@H]3[C@@H](F)[C@H](n4cnc5c(N)ncnc54)O[C@@H]3COP(=O)(S)O[C@H]2[C@H]1F. The Morgan fingerprint density at radius 1 is 1.00 bits per heavy atom. The summed E-state index contributed by atoms with van der Waals surface area (Å²) in [6.07, 6.45) is -9.34. The Morgan fingerprint density at radius 3 is 2.25 bits per heavy atom. The van der Waals surface area contributed by atoms with Crippen LogP contribution in [0, 0.1) is 0 Å². The van der Waals surface area contributed by atoms with Crippen molar-refractivity contribution in [2.45, 2.75) is 49.2 Å². The fourth-order valence-corrected chi connectivity index (χ4v) is 8.54. The van der Waals surface area contributed by atoms with Gasteiger partial charge in [0.2, 0.25) is 0 Å². The highest BCUT2D eigenvalue weighted by atomic mass is 32.7. The van der Waals surface area contributed by atoms with Gasteiger partial charge in [-0.1, -0.05) is 12.2 Å². The second-order valence-corrected chi connectivity index (χ2v) is 16.8. The molecule has 276 valence electrons. The number of likely N-dealkylation sites (N-methyl/N-ethyl adjacent to an activating group) is 1. The molecule has 4 aromatic rings. The minimum atomic E-state index is -4.45. The number of halogens is 2. The minimum Gasteiger partial charge on any atom is -0.448 e. The van der Waals surface area contributed by atoms with E-state index in [0.717, 1.165) is 12.7 Å². The molecule has 1 amide bonds. The molecule has 7 heterocycles. The van der Waals surface area contributed by atoms with E-state index < -0.39 is 82.0 Å². The largest absolute Gasteiger partial charge is 0.448 e. The first-order chi connectivity index (χ1) is 24.4. The Bertz CT molecular complexity index is 2030. The Morgan fingerprint density at radius 2 is 1.59 bits per heavy atom. The lowest BCUT2D eigenvalue weighted by Gasteiger charge is -2.29. The van der Waals surface area contributed by atoms with E-state index in [2.05, 4.69) is 52.8 Å². The summed E-state index contributed by atoms with van der Waals surface area (Å²) in [6.45, 7) is -9.61. The van der Waals surface area contributed by atoms with Crippen molar-refractivity contribution >= 4 is 77.6 Å². The number of nitrogens with zero attached hydrogens (tertiary/aromatic N) is 8. The Labute approximate surface area is 295 Å². The van der Waals surface area contributed by atoms with Crippen LogP contribution in [0.5, 0.6) is 0 Å². The third-order valence-corrected chi connectivity index (χ3v) is 11.1. The van der Waals surface area contributed by atoms with Crippen LogP contribution in [0.25, 0.3) is 22.3 Å². The topological polar surface area (TPSA) is 256 Å². The third kappa shape index (κ3) is 7.30. The summed E-state index contributed by atoms with van der Waals surface area (Å²) in [5, 5.41) is 5.28. The monoisotopic (exact) mass is 795 g/mol. The smallest absolute Gasteiger partial charge is 0.412 e. The number of nitrogens with two attached hydrogens (primary N) is 1. The summed E-state index contributed by atoms with van der Waals surface area (Å²) in [4.78, 5) is 47.6. The highest BCUT2D eigenvalue weighted by molar-refractivity contribution is 8.44. The number of anilines is 2. The van der Waals surface area contributed by atoms with Crippen molar-refractivity contribution in [3.63, 3.8) is 0 Å². The van der Waals surface area contributed by atoms with Gasteiger partial charge in [-0.25, -0.2) is 48.0 Å². The summed E-state index contributed by atoms with van der Waals surface area (Å²) >= 11 is 9.21. The predicted molar refractivity (Wildman–Crippen MR) is 176 cm³/mol. The fourth-order valence-electron chi connectivity index (χ4n) is 5.62. The van der Waals surface area contributed by atoms with Crippen LogP contribution in [0.15, 0.2) is 25.3 Å². The molecule has 0 aliphatic carbocycles. The van der Waals surface area contributed by atoms with Gasteiger partial charge in [0.1, 0.15) is 49.2 Å². The third-order valence-electron chi connectivity index (χ3n) is 7.95. The first kappa shape index (κ1) is 36.3. The van der Waals surface area contributed by atoms with Crippen molar-refractivity contribution in [1.82, 2.24) is 44.4 Å². The number of thiol groups is 1. The maximum absolute atomic E-state index is 16.3. The van der Waals surface area contributed by atoms with Crippen LogP contribution in [0.3, 0.4) is 0 Å². The van der Waals surface area contributed by atoms with E-state index in [4.69, 9.17) is 49.8 Å². The van der Waals surface area contributed by atoms with E-state index in [0.29, 0.717) is 6.54 Å². The van der Waals surface area contributed by atoms with Crippen LogP contribution in [-0.4, -0.2) is 120 Å². The zero-order valence-electron chi connectivity index (χ0n) is 26.0. The molecule has 51 heavy (non-hydrogen) atoms. The number of rotatable bonds is 6. The summed E-state index contributed by atoms with van der Waals surface area (Å²) in [6, 6.07) is 0. The number of amides is 1. The molecule has 3 aliphatic heterocycles. The lowest BCUT2D eigenvalue weighted by Crippen LogP contribution is -2.37. The maximum Gasteiger partial charge on any atom is 0.412 e. The number of alkyl halides is 2. The van der Waals surface area contributed by atoms with E-state index in [1.807, 2.05) is 0 Å². The van der Waals surface area contributed by atoms with Crippen LogP contribution >= 0.6 is 25.8 Å². The first-order valence-corrected chi connectivity index (χ1v) is 20.2. The van der Waals surface area contributed by atoms with Gasteiger partial charge < -0.3 is 34.7 Å². The van der Waals surface area contributed by atoms with Gasteiger partial charge in [0.25, 0.3) is 0 Å². The number of imidazole rings is 2. The van der Waals surface area contributed by atoms with Gasteiger partial charge >= 0.3 is 19.6 Å². The molecule has 5 N–H and O–H groups in total. The van der Waals surface area contributed by atoms with Crippen LogP contribution in [-0.2, 0) is 48.7 Å². The number of carbonyl (C=O) groups is 1. The van der Waals surface area contributed by atoms with Gasteiger partial charge in [0.15, 0.2) is 53.2 Å². The molecular weight excluding hydrogens is 766 g/mol. The number of carbonyl (C=O) groups excluding carboxylic acids is 1. The molecule has 7 rings (SSSR count). The van der Waals surface area contributed by atoms with Crippen molar-refractivity contribution in [2.24, 2.45) is 0 Å². The lowest BCUT2D eigenvalue weighted by atomic mass is 10.1. The van der Waals surface area contributed by atoms with E-state index in [1.165, 1.54) is 21.8 Å². The Balaban J connectivity index is 1.11. The summed E-state index contributed by atoms with van der Waals surface area (Å²) in [7, 11) is 1.69. The molecule has 4 aromatic heterocycles. The molecular formula is C24H29F2N11O10P2S2. The number of aromatic nitrogens is 8. The van der Waals surface area contributed by atoms with Crippen LogP contribution in [0.2, 0.25) is 0 Å². The molecule has 10 atom stereocenters. The number of nitrogens with one attached hydrogen (secondary N) is 2. The maximum atomic E-state index is 16.3. The average molecular weight is 796 g/mol. The van der Waals surface area contributed by atoms with Crippen molar-refractivity contribution < 1.29 is 55.3 Å². The second kappa shape index (κ2) is 14.4. The standard InChI is InChI=1S/C24H29F2N11O10P2S2/c1-28-2-3-41-24(38)35-19-15-21(32-7-30-19)37(9-34-15)23-13(26)17-11(45-23)5-43-48(39,50)46-16-10(4-42-49(40,51)47-17)44-22(12(16)25)36-8-33-14-18(27)29-6-31-20(14)36/h6-13,16-17,22-23,28H,2-5H2,1H3,(H,39,50)(H,40,51)(H2,27,29,31)(H,30,32,35,38)/t10-,11-,12-,13-,16-,17-,22-,23-,48?,49?/m1/s1. The molecule has 3 fully saturated rings. The molecule has 3 aliphatic rings. The average Bonchev–Trinajstić information content (AvgIpc) is 3.85. The minimum absolute atomic E-state index is 0.0288. The van der Waals surface area contributed by atoms with Crippen LogP contribution in [0.1, 0.15) is 12.5 Å². The molecule has 21 nitrogen and oxygen atoms in total. The quantitative estimate of drug-likeness (QED) is 0.105. The highest BCUT2D eigenvalue weighted by Gasteiger charge is 2.54. The zero-order chi connectivity index (χ0) is 36.1. The molecule has 3 saturated heterocycles. The number of nitrogen functional groups attached to an aromatic ring is 1. The Kier molecular flexibility index (Phi) is 10.3. The molecule has 0 radical (unpaired) electrons. The normalized spacial score (nSPS) is 34.5.